The number of nitrogens with zero attached hydrogens (tertiary/aromatic N) is 1. The zero-order valence-corrected chi connectivity index (χ0v) is 13.8. The summed E-state index contributed by atoms with van der Waals surface area (Å²) in [7, 11) is 4.14. The fourth-order valence-corrected chi connectivity index (χ4v) is 4.05. The molecular weight excluding hydrogens is 390 g/mol. The molecule has 3 heteroatoms. The summed E-state index contributed by atoms with van der Waals surface area (Å²) in [4.78, 5) is 2.13. The van der Waals surface area contributed by atoms with Crippen molar-refractivity contribution in [3.8, 4) is 0 Å². The van der Waals surface area contributed by atoms with Gasteiger partial charge >= 0.3 is 122 Å². The molecule has 0 spiro atoms. The van der Waals surface area contributed by atoms with Gasteiger partial charge in [0.1, 0.15) is 0 Å². The predicted octanol–water partition coefficient (Wildman–Crippen LogP) is 2.17. The van der Waals surface area contributed by atoms with Gasteiger partial charge in [-0.15, -0.1) is 0 Å². The van der Waals surface area contributed by atoms with Crippen LogP contribution in [-0.4, -0.2) is 35.0 Å². The summed E-state index contributed by atoms with van der Waals surface area (Å²) in [6.07, 6.45) is 0. The Morgan fingerprint density at radius 3 is 1.76 bits per heavy atom. The molecule has 2 aromatic carbocycles. The molecule has 0 aliphatic rings. The third kappa shape index (κ3) is 3.74. The molecule has 0 saturated heterocycles. The van der Waals surface area contributed by atoms with Crippen molar-refractivity contribution >= 4 is 49.8 Å². The van der Waals surface area contributed by atoms with Crippen LogP contribution in [0.3, 0.4) is 0 Å². The van der Waals surface area contributed by atoms with Gasteiger partial charge in [0.15, 0.2) is 0 Å². The molecular formula is C14H14BrNTe. The van der Waals surface area contributed by atoms with Gasteiger partial charge in [0, 0.05) is 0 Å². The molecule has 0 aliphatic carbocycles. The molecule has 0 atom stereocenters. The Bertz CT molecular complexity index is 477. The quantitative estimate of drug-likeness (QED) is 0.710. The first kappa shape index (κ1) is 13.0. The molecule has 0 bridgehead atoms. The molecule has 2 aromatic rings. The zero-order valence-electron chi connectivity index (χ0n) is 9.85. The Morgan fingerprint density at radius 2 is 1.29 bits per heavy atom. The summed E-state index contributed by atoms with van der Waals surface area (Å²) in [6, 6.07) is 17.6. The Kier molecular flexibility index (Phi) is 4.50. The number of rotatable bonds is 3. The van der Waals surface area contributed by atoms with Crippen molar-refractivity contribution in [2.24, 2.45) is 0 Å². The van der Waals surface area contributed by atoms with Crippen molar-refractivity contribution in [3.63, 3.8) is 0 Å². The van der Waals surface area contributed by atoms with Crippen LogP contribution in [0.2, 0.25) is 0 Å². The fraction of sp³-hybridized carbons (Fsp3) is 0.143. The second-order valence-corrected chi connectivity index (χ2v) is 8.13. The first-order valence-corrected chi connectivity index (χ1v) is 8.48. The van der Waals surface area contributed by atoms with Gasteiger partial charge in [-0.2, -0.15) is 0 Å². The third-order valence-electron chi connectivity index (χ3n) is 2.40. The van der Waals surface area contributed by atoms with Gasteiger partial charge < -0.3 is 0 Å². The minimum absolute atomic E-state index is 0.246. The molecule has 2 rings (SSSR count). The van der Waals surface area contributed by atoms with Gasteiger partial charge in [0.05, 0.1) is 0 Å². The van der Waals surface area contributed by atoms with Crippen LogP contribution in [0.15, 0.2) is 53.0 Å². The molecule has 0 aliphatic heterocycles. The van der Waals surface area contributed by atoms with E-state index in [-0.39, 0.29) is 20.9 Å². The minimum atomic E-state index is -0.246. The van der Waals surface area contributed by atoms with E-state index in [9.17, 15) is 0 Å². The van der Waals surface area contributed by atoms with Crippen molar-refractivity contribution in [1.82, 2.24) is 0 Å². The maximum absolute atomic E-state index is 3.47. The van der Waals surface area contributed by atoms with Crippen LogP contribution in [0.1, 0.15) is 0 Å². The van der Waals surface area contributed by atoms with Crippen LogP contribution in [-0.2, 0) is 0 Å². The summed E-state index contributed by atoms with van der Waals surface area (Å²) in [5.41, 5.74) is 1.26. The van der Waals surface area contributed by atoms with Crippen LogP contribution in [0.5, 0.6) is 0 Å². The molecule has 0 radical (unpaired) electrons. The molecule has 88 valence electrons. The van der Waals surface area contributed by atoms with Crippen molar-refractivity contribution in [2.45, 2.75) is 0 Å². The molecule has 17 heavy (non-hydrogen) atoms. The molecule has 0 fully saturated rings. The average Bonchev–Trinajstić information content (AvgIpc) is 2.33. The number of halogens is 1. The summed E-state index contributed by atoms with van der Waals surface area (Å²) >= 11 is 3.22. The topological polar surface area (TPSA) is 3.24 Å². The normalized spacial score (nSPS) is 10.3. The molecule has 0 amide bonds. The number of anilines is 1. The van der Waals surface area contributed by atoms with Crippen molar-refractivity contribution in [3.05, 3.63) is 53.0 Å². The predicted molar refractivity (Wildman–Crippen MR) is 79.9 cm³/mol. The molecule has 1 nitrogen and oxygen atoms in total. The second kappa shape index (κ2) is 5.91. The monoisotopic (exact) mass is 405 g/mol. The maximum atomic E-state index is 3.47. The van der Waals surface area contributed by atoms with Crippen LogP contribution in [0, 0.1) is 0 Å². The van der Waals surface area contributed by atoms with Crippen molar-refractivity contribution in [1.29, 1.82) is 0 Å². The molecule has 0 N–H and O–H groups in total. The molecule has 0 heterocycles. The Labute approximate surface area is 121 Å². The summed E-state index contributed by atoms with van der Waals surface area (Å²) in [6.45, 7) is 0. The van der Waals surface area contributed by atoms with Crippen LogP contribution in [0.4, 0.5) is 5.69 Å². The Hall–Kier alpha value is -0.490. The Morgan fingerprint density at radius 1 is 0.824 bits per heavy atom. The first-order chi connectivity index (χ1) is 8.15. The number of hydrogen-bond acceptors (Lipinski definition) is 1. The van der Waals surface area contributed by atoms with Gasteiger partial charge in [-0.05, 0) is 0 Å². The van der Waals surface area contributed by atoms with E-state index in [4.69, 9.17) is 0 Å². The average molecular weight is 404 g/mol. The van der Waals surface area contributed by atoms with Crippen LogP contribution in [0.25, 0.3) is 0 Å². The van der Waals surface area contributed by atoms with Crippen LogP contribution < -0.4 is 12.1 Å². The van der Waals surface area contributed by atoms with E-state index in [1.165, 1.54) is 12.9 Å². The van der Waals surface area contributed by atoms with Gasteiger partial charge in [0.25, 0.3) is 0 Å². The zero-order chi connectivity index (χ0) is 12.3. The van der Waals surface area contributed by atoms with Gasteiger partial charge in [0.2, 0.25) is 0 Å². The summed E-state index contributed by atoms with van der Waals surface area (Å²) in [5, 5.41) is 0. The summed E-state index contributed by atoms with van der Waals surface area (Å²) in [5.74, 6) is 0. The van der Waals surface area contributed by atoms with E-state index in [1.807, 2.05) is 0 Å². The molecule has 0 unspecified atom stereocenters. The van der Waals surface area contributed by atoms with E-state index in [1.54, 1.807) is 0 Å². The number of benzene rings is 2. The molecule has 0 aromatic heterocycles. The standard InChI is InChI=1S/C14H14BrNTe/c1-16(2)12-5-9-14(10-6-12)17-13-7-3-11(15)4-8-13/h3-10H,1-2H3. The first-order valence-electron chi connectivity index (χ1n) is 5.36. The SMILES string of the molecule is CN(C)c1ccc([Te]c2ccc(Br)cc2)cc1. The fourth-order valence-electron chi connectivity index (χ4n) is 1.45. The second-order valence-electron chi connectivity index (χ2n) is 3.94. The van der Waals surface area contributed by atoms with E-state index in [2.05, 4.69) is 83.5 Å². The van der Waals surface area contributed by atoms with E-state index in [0.717, 1.165) is 4.47 Å². The molecule has 0 saturated carbocycles. The van der Waals surface area contributed by atoms with E-state index >= 15 is 0 Å². The van der Waals surface area contributed by atoms with Crippen LogP contribution >= 0.6 is 15.9 Å². The Balaban J connectivity index is 2.11. The third-order valence-corrected chi connectivity index (χ3v) is 5.83. The van der Waals surface area contributed by atoms with E-state index in [0.29, 0.717) is 0 Å². The number of hydrogen-bond donors (Lipinski definition) is 0. The van der Waals surface area contributed by atoms with Gasteiger partial charge in [-0.3, -0.25) is 0 Å². The van der Waals surface area contributed by atoms with Gasteiger partial charge in [-0.1, -0.05) is 0 Å². The van der Waals surface area contributed by atoms with Gasteiger partial charge in [-0.25, -0.2) is 0 Å². The van der Waals surface area contributed by atoms with E-state index < -0.39 is 0 Å². The summed E-state index contributed by atoms with van der Waals surface area (Å²) < 4.78 is 4.09. The van der Waals surface area contributed by atoms with Crippen molar-refractivity contribution in [2.75, 3.05) is 19.0 Å². The van der Waals surface area contributed by atoms with Crippen molar-refractivity contribution < 1.29 is 0 Å².